The highest BCUT2D eigenvalue weighted by Crippen LogP contribution is 2.37. The SMILES string of the molecule is CC(=O)OCc1c(O)cc2n(c1=O)Cc1c-2nc2ccc(O)cc2c1C. The lowest BCUT2D eigenvalue weighted by Crippen LogP contribution is -2.24. The van der Waals surface area contributed by atoms with Crippen LogP contribution in [-0.4, -0.2) is 25.7 Å². The van der Waals surface area contributed by atoms with Crippen LogP contribution in [0.5, 0.6) is 11.5 Å². The van der Waals surface area contributed by atoms with E-state index in [1.807, 2.05) is 6.92 Å². The summed E-state index contributed by atoms with van der Waals surface area (Å²) in [5.41, 5.74) is 3.26. The van der Waals surface area contributed by atoms with Gasteiger partial charge in [-0.2, -0.15) is 0 Å². The molecule has 0 bridgehead atoms. The number of aryl methyl sites for hydroxylation is 1. The first-order valence-electron chi connectivity index (χ1n) is 8.08. The van der Waals surface area contributed by atoms with Crippen molar-refractivity contribution < 1.29 is 19.7 Å². The molecule has 7 heteroatoms. The molecule has 3 heterocycles. The van der Waals surface area contributed by atoms with Gasteiger partial charge < -0.3 is 19.5 Å². The topological polar surface area (TPSA) is 102 Å². The van der Waals surface area contributed by atoms with Gasteiger partial charge in [-0.3, -0.25) is 9.59 Å². The summed E-state index contributed by atoms with van der Waals surface area (Å²) in [4.78, 5) is 28.4. The van der Waals surface area contributed by atoms with Crippen molar-refractivity contribution in [3.05, 3.63) is 51.3 Å². The fourth-order valence-corrected chi connectivity index (χ4v) is 3.35. The van der Waals surface area contributed by atoms with Gasteiger partial charge in [0, 0.05) is 23.9 Å². The number of esters is 1. The number of hydrogen-bond donors (Lipinski definition) is 2. The molecular formula is C19H16N2O5. The number of phenols is 1. The third-order valence-electron chi connectivity index (χ3n) is 4.71. The number of carbonyl (C=O) groups excluding carboxylic acids is 1. The maximum atomic E-state index is 12.8. The van der Waals surface area contributed by atoms with Gasteiger partial charge in [0.05, 0.1) is 29.0 Å². The predicted molar refractivity (Wildman–Crippen MR) is 94.1 cm³/mol. The molecule has 0 unspecified atom stereocenters. The Morgan fingerprint density at radius 2 is 2.08 bits per heavy atom. The molecule has 1 aliphatic rings. The van der Waals surface area contributed by atoms with Gasteiger partial charge in [0.15, 0.2) is 0 Å². The fraction of sp³-hybridized carbons (Fsp3) is 0.211. The van der Waals surface area contributed by atoms with Gasteiger partial charge in [0.25, 0.3) is 5.56 Å². The molecule has 2 aromatic heterocycles. The van der Waals surface area contributed by atoms with E-state index < -0.39 is 11.5 Å². The van der Waals surface area contributed by atoms with Gasteiger partial charge in [0.2, 0.25) is 0 Å². The number of aromatic hydroxyl groups is 2. The van der Waals surface area contributed by atoms with Crippen molar-refractivity contribution in [1.82, 2.24) is 9.55 Å². The lowest BCUT2D eigenvalue weighted by Gasteiger charge is -2.09. The molecule has 3 aromatic rings. The first-order chi connectivity index (χ1) is 12.4. The zero-order valence-corrected chi connectivity index (χ0v) is 14.2. The van der Waals surface area contributed by atoms with Crippen LogP contribution in [0.2, 0.25) is 0 Å². The molecule has 0 saturated carbocycles. The Bertz CT molecular complexity index is 1150. The summed E-state index contributed by atoms with van der Waals surface area (Å²) in [6.45, 7) is 3.19. The lowest BCUT2D eigenvalue weighted by atomic mass is 10.0. The second-order valence-electron chi connectivity index (χ2n) is 6.33. The van der Waals surface area contributed by atoms with Crippen molar-refractivity contribution in [3.8, 4) is 22.9 Å². The number of fused-ring (bicyclic) bond motifs is 4. The summed E-state index contributed by atoms with van der Waals surface area (Å²) in [6.07, 6.45) is 0. The minimum Gasteiger partial charge on any atom is -0.508 e. The quantitative estimate of drug-likeness (QED) is 0.536. The van der Waals surface area contributed by atoms with E-state index in [0.29, 0.717) is 23.4 Å². The van der Waals surface area contributed by atoms with Crippen molar-refractivity contribution in [1.29, 1.82) is 0 Å². The standard InChI is InChI=1S/C19H16N2O5/c1-9-12-5-11(23)3-4-15(12)20-18-13(9)7-21-16(18)6-17(24)14(19(21)25)8-26-10(2)22/h3-6,23-24H,7-8H2,1-2H3. The zero-order chi connectivity index (χ0) is 18.6. The van der Waals surface area contributed by atoms with Gasteiger partial charge in [-0.1, -0.05) is 0 Å². The van der Waals surface area contributed by atoms with Crippen LogP contribution in [0.15, 0.2) is 29.1 Å². The van der Waals surface area contributed by atoms with E-state index in [-0.39, 0.29) is 23.7 Å². The zero-order valence-electron chi connectivity index (χ0n) is 14.2. The van der Waals surface area contributed by atoms with E-state index in [0.717, 1.165) is 16.5 Å². The molecule has 0 radical (unpaired) electrons. The molecule has 0 amide bonds. The highest BCUT2D eigenvalue weighted by atomic mass is 16.5. The molecule has 1 aliphatic heterocycles. The average molecular weight is 352 g/mol. The number of phenolic OH excluding ortho intramolecular Hbond substituents is 1. The Balaban J connectivity index is 1.92. The van der Waals surface area contributed by atoms with Gasteiger partial charge in [0.1, 0.15) is 18.1 Å². The van der Waals surface area contributed by atoms with Crippen LogP contribution in [0.4, 0.5) is 0 Å². The smallest absolute Gasteiger partial charge is 0.302 e. The molecule has 132 valence electrons. The third-order valence-corrected chi connectivity index (χ3v) is 4.71. The minimum atomic E-state index is -0.527. The van der Waals surface area contributed by atoms with Crippen LogP contribution in [-0.2, 0) is 22.7 Å². The van der Waals surface area contributed by atoms with Crippen molar-refractivity contribution in [3.63, 3.8) is 0 Å². The number of rotatable bonds is 2. The summed E-state index contributed by atoms with van der Waals surface area (Å²) in [7, 11) is 0. The highest BCUT2D eigenvalue weighted by molar-refractivity contribution is 5.88. The molecule has 0 aliphatic carbocycles. The van der Waals surface area contributed by atoms with Crippen molar-refractivity contribution in [2.24, 2.45) is 0 Å². The predicted octanol–water partition coefficient (Wildman–Crippen LogP) is 2.21. The fourth-order valence-electron chi connectivity index (χ4n) is 3.35. The van der Waals surface area contributed by atoms with E-state index in [1.165, 1.54) is 17.6 Å². The van der Waals surface area contributed by atoms with Crippen LogP contribution in [0.25, 0.3) is 22.3 Å². The van der Waals surface area contributed by atoms with E-state index in [9.17, 15) is 19.8 Å². The normalized spacial score (nSPS) is 12.1. The van der Waals surface area contributed by atoms with Crippen molar-refractivity contribution >= 4 is 16.9 Å². The molecular weight excluding hydrogens is 336 g/mol. The number of hydrogen-bond acceptors (Lipinski definition) is 6. The highest BCUT2D eigenvalue weighted by Gasteiger charge is 2.27. The molecule has 0 saturated heterocycles. The molecule has 7 nitrogen and oxygen atoms in total. The van der Waals surface area contributed by atoms with E-state index >= 15 is 0 Å². The first-order valence-corrected chi connectivity index (χ1v) is 8.08. The second-order valence-corrected chi connectivity index (χ2v) is 6.33. The summed E-state index contributed by atoms with van der Waals surface area (Å²) in [6, 6.07) is 6.40. The maximum absolute atomic E-state index is 12.8. The van der Waals surface area contributed by atoms with Gasteiger partial charge in [-0.15, -0.1) is 0 Å². The maximum Gasteiger partial charge on any atom is 0.302 e. The van der Waals surface area contributed by atoms with Crippen LogP contribution in [0, 0.1) is 6.92 Å². The van der Waals surface area contributed by atoms with E-state index in [1.54, 1.807) is 18.2 Å². The second kappa shape index (κ2) is 5.59. The summed E-state index contributed by atoms with van der Waals surface area (Å²) < 4.78 is 6.39. The molecule has 1 aromatic carbocycles. The Morgan fingerprint density at radius 1 is 1.31 bits per heavy atom. The lowest BCUT2D eigenvalue weighted by molar-refractivity contribution is -0.142. The molecule has 4 rings (SSSR count). The summed E-state index contributed by atoms with van der Waals surface area (Å²) >= 11 is 0. The van der Waals surface area contributed by atoms with Crippen LogP contribution >= 0.6 is 0 Å². The minimum absolute atomic E-state index is 0.0385. The van der Waals surface area contributed by atoms with Crippen LogP contribution < -0.4 is 5.56 Å². The number of pyridine rings is 2. The Labute approximate surface area is 148 Å². The Morgan fingerprint density at radius 3 is 2.81 bits per heavy atom. The summed E-state index contributed by atoms with van der Waals surface area (Å²) in [5.74, 6) is -0.599. The number of nitrogens with zero attached hydrogens (tertiary/aromatic N) is 2. The summed E-state index contributed by atoms with van der Waals surface area (Å²) in [5, 5.41) is 20.8. The molecule has 0 atom stereocenters. The number of benzene rings is 1. The molecule has 0 spiro atoms. The van der Waals surface area contributed by atoms with Gasteiger partial charge >= 0.3 is 5.97 Å². The van der Waals surface area contributed by atoms with Gasteiger partial charge in [-0.25, -0.2) is 4.98 Å². The molecule has 0 fully saturated rings. The van der Waals surface area contributed by atoms with Crippen LogP contribution in [0.1, 0.15) is 23.6 Å². The van der Waals surface area contributed by atoms with E-state index in [2.05, 4.69) is 4.98 Å². The first kappa shape index (κ1) is 16.1. The number of ether oxygens (including phenoxy) is 1. The van der Waals surface area contributed by atoms with E-state index in [4.69, 9.17) is 4.74 Å². The number of aromatic nitrogens is 2. The largest absolute Gasteiger partial charge is 0.508 e. The third kappa shape index (κ3) is 2.32. The van der Waals surface area contributed by atoms with Crippen molar-refractivity contribution in [2.75, 3.05) is 0 Å². The Kier molecular flexibility index (Phi) is 3.47. The monoisotopic (exact) mass is 352 g/mol. The number of carbonyl (C=O) groups is 1. The van der Waals surface area contributed by atoms with Crippen LogP contribution in [0.3, 0.4) is 0 Å². The van der Waals surface area contributed by atoms with Gasteiger partial charge in [-0.05, 0) is 30.7 Å². The molecule has 26 heavy (non-hydrogen) atoms. The molecule has 2 N–H and O–H groups in total. The van der Waals surface area contributed by atoms with Crippen molar-refractivity contribution in [2.45, 2.75) is 27.0 Å². The Hall–Kier alpha value is -3.35. The average Bonchev–Trinajstić information content (AvgIpc) is 2.94.